The monoisotopic (exact) mass is 236 g/mol. The summed E-state index contributed by atoms with van der Waals surface area (Å²) in [5.74, 6) is -1.18. The summed E-state index contributed by atoms with van der Waals surface area (Å²) in [5.41, 5.74) is -1.19. The standard InChI is InChI=1S/C10H12F4Si/c1-15(2,3)7-4-5-8(9(11)6-7)10(12,13)14/h4-6H,1-3H3. The van der Waals surface area contributed by atoms with E-state index in [9.17, 15) is 17.6 Å². The van der Waals surface area contributed by atoms with Crippen LogP contribution in [-0.4, -0.2) is 8.07 Å². The summed E-state index contributed by atoms with van der Waals surface area (Å²) >= 11 is 0. The molecule has 1 aromatic rings. The van der Waals surface area contributed by atoms with Gasteiger partial charge in [-0.1, -0.05) is 30.9 Å². The van der Waals surface area contributed by atoms with Gasteiger partial charge in [0.15, 0.2) is 0 Å². The number of benzene rings is 1. The fourth-order valence-electron chi connectivity index (χ4n) is 1.21. The predicted molar refractivity (Wildman–Crippen MR) is 54.4 cm³/mol. The molecule has 0 bridgehead atoms. The van der Waals surface area contributed by atoms with Crippen LogP contribution < -0.4 is 5.19 Å². The van der Waals surface area contributed by atoms with Crippen LogP contribution in [0.3, 0.4) is 0 Å². The summed E-state index contributed by atoms with van der Waals surface area (Å²) in [6.07, 6.45) is -4.61. The SMILES string of the molecule is C[Si](C)(C)c1ccc(C(F)(F)F)c(F)c1. The third-order valence-corrected chi connectivity index (χ3v) is 4.18. The molecule has 0 amide bonds. The zero-order valence-corrected chi connectivity index (χ0v) is 9.74. The Kier molecular flexibility index (Phi) is 2.96. The first-order valence-corrected chi connectivity index (χ1v) is 7.99. The highest BCUT2D eigenvalue weighted by molar-refractivity contribution is 6.88. The molecular formula is C10H12F4Si. The minimum atomic E-state index is -4.61. The Morgan fingerprint density at radius 1 is 1.07 bits per heavy atom. The topological polar surface area (TPSA) is 0 Å². The number of hydrogen-bond acceptors (Lipinski definition) is 0. The largest absolute Gasteiger partial charge is 0.419 e. The fraction of sp³-hybridized carbons (Fsp3) is 0.400. The smallest absolute Gasteiger partial charge is 0.206 e. The number of rotatable bonds is 1. The van der Waals surface area contributed by atoms with Gasteiger partial charge in [-0.3, -0.25) is 0 Å². The van der Waals surface area contributed by atoms with Crippen LogP contribution in [-0.2, 0) is 6.18 Å². The molecule has 0 saturated heterocycles. The Labute approximate surface area is 86.9 Å². The molecule has 1 rings (SSSR count). The van der Waals surface area contributed by atoms with E-state index in [1.54, 1.807) is 0 Å². The van der Waals surface area contributed by atoms with E-state index in [0.29, 0.717) is 5.19 Å². The van der Waals surface area contributed by atoms with Crippen molar-refractivity contribution in [3.8, 4) is 0 Å². The molecule has 0 aliphatic rings. The first-order chi connectivity index (χ1) is 6.62. The van der Waals surface area contributed by atoms with Crippen LogP contribution in [0.2, 0.25) is 19.6 Å². The van der Waals surface area contributed by atoms with Gasteiger partial charge in [-0.05, 0) is 12.1 Å². The Hall–Kier alpha value is -0.843. The van der Waals surface area contributed by atoms with Crippen molar-refractivity contribution < 1.29 is 17.6 Å². The average Bonchev–Trinajstić information content (AvgIpc) is 1.99. The lowest BCUT2D eigenvalue weighted by Gasteiger charge is -2.18. The minimum absolute atomic E-state index is 0.688. The van der Waals surface area contributed by atoms with Crippen LogP contribution in [0.25, 0.3) is 0 Å². The highest BCUT2D eigenvalue weighted by Gasteiger charge is 2.34. The van der Waals surface area contributed by atoms with Crippen LogP contribution in [0, 0.1) is 5.82 Å². The van der Waals surface area contributed by atoms with E-state index >= 15 is 0 Å². The maximum atomic E-state index is 13.2. The van der Waals surface area contributed by atoms with Gasteiger partial charge < -0.3 is 0 Å². The zero-order chi connectivity index (χ0) is 11.9. The molecule has 0 aromatic heterocycles. The number of hydrogen-bond donors (Lipinski definition) is 0. The maximum absolute atomic E-state index is 13.2. The van der Waals surface area contributed by atoms with Crippen molar-refractivity contribution in [2.24, 2.45) is 0 Å². The van der Waals surface area contributed by atoms with Crippen molar-refractivity contribution in [1.29, 1.82) is 0 Å². The van der Waals surface area contributed by atoms with Crippen molar-refractivity contribution in [3.05, 3.63) is 29.6 Å². The van der Waals surface area contributed by atoms with Gasteiger partial charge in [-0.25, -0.2) is 4.39 Å². The van der Waals surface area contributed by atoms with Crippen molar-refractivity contribution in [2.75, 3.05) is 0 Å². The highest BCUT2D eigenvalue weighted by Crippen LogP contribution is 2.30. The van der Waals surface area contributed by atoms with E-state index in [-0.39, 0.29) is 0 Å². The second-order valence-electron chi connectivity index (χ2n) is 4.44. The molecule has 5 heteroatoms. The molecule has 0 aliphatic heterocycles. The fourth-order valence-corrected chi connectivity index (χ4v) is 2.35. The number of alkyl halides is 3. The summed E-state index contributed by atoms with van der Waals surface area (Å²) in [7, 11) is -1.75. The van der Waals surface area contributed by atoms with E-state index in [1.807, 2.05) is 19.6 Å². The molecule has 0 fully saturated rings. The lowest BCUT2D eigenvalue weighted by molar-refractivity contribution is -0.139. The second-order valence-corrected chi connectivity index (χ2v) is 9.52. The first kappa shape index (κ1) is 12.2. The Bertz CT molecular complexity index is 363. The van der Waals surface area contributed by atoms with Gasteiger partial charge in [-0.15, -0.1) is 0 Å². The molecule has 15 heavy (non-hydrogen) atoms. The molecule has 0 N–H and O–H groups in total. The summed E-state index contributed by atoms with van der Waals surface area (Å²) in [6.45, 7) is 5.86. The lowest BCUT2D eigenvalue weighted by Crippen LogP contribution is -2.38. The quantitative estimate of drug-likeness (QED) is 0.518. The Balaban J connectivity index is 3.21. The zero-order valence-electron chi connectivity index (χ0n) is 8.74. The summed E-state index contributed by atoms with van der Waals surface area (Å²) in [5, 5.41) is 0.688. The van der Waals surface area contributed by atoms with Crippen molar-refractivity contribution in [2.45, 2.75) is 25.8 Å². The third-order valence-electron chi connectivity index (χ3n) is 2.14. The van der Waals surface area contributed by atoms with Crippen molar-refractivity contribution in [3.63, 3.8) is 0 Å². The molecule has 0 aliphatic carbocycles. The molecule has 84 valence electrons. The maximum Gasteiger partial charge on any atom is 0.419 e. The molecule has 0 unspecified atom stereocenters. The molecule has 0 atom stereocenters. The summed E-state index contributed by atoms with van der Waals surface area (Å²) < 4.78 is 49.9. The van der Waals surface area contributed by atoms with E-state index in [0.717, 1.165) is 12.1 Å². The highest BCUT2D eigenvalue weighted by atomic mass is 28.3. The summed E-state index contributed by atoms with van der Waals surface area (Å²) in [4.78, 5) is 0. The van der Waals surface area contributed by atoms with Gasteiger partial charge in [0, 0.05) is 0 Å². The first-order valence-electron chi connectivity index (χ1n) is 4.49. The van der Waals surface area contributed by atoms with E-state index in [2.05, 4.69) is 0 Å². The molecule has 0 nitrogen and oxygen atoms in total. The Morgan fingerprint density at radius 2 is 1.60 bits per heavy atom. The molecule has 1 aromatic carbocycles. The van der Waals surface area contributed by atoms with Gasteiger partial charge in [0.05, 0.1) is 13.6 Å². The van der Waals surface area contributed by atoms with Crippen LogP contribution in [0.1, 0.15) is 5.56 Å². The predicted octanol–water partition coefficient (Wildman–Crippen LogP) is 3.39. The molecule has 0 spiro atoms. The number of halogens is 4. The van der Waals surface area contributed by atoms with Gasteiger partial charge >= 0.3 is 6.18 Å². The van der Waals surface area contributed by atoms with E-state index in [4.69, 9.17) is 0 Å². The normalized spacial score (nSPS) is 13.0. The van der Waals surface area contributed by atoms with E-state index < -0.39 is 25.6 Å². The van der Waals surface area contributed by atoms with Gasteiger partial charge in [0.1, 0.15) is 5.82 Å². The molecular weight excluding hydrogens is 224 g/mol. The molecule has 0 radical (unpaired) electrons. The van der Waals surface area contributed by atoms with Gasteiger partial charge in [-0.2, -0.15) is 13.2 Å². The molecule has 0 saturated carbocycles. The Morgan fingerprint density at radius 3 is 1.93 bits per heavy atom. The van der Waals surface area contributed by atoms with Crippen molar-refractivity contribution in [1.82, 2.24) is 0 Å². The van der Waals surface area contributed by atoms with Crippen LogP contribution in [0.4, 0.5) is 17.6 Å². The van der Waals surface area contributed by atoms with Crippen LogP contribution >= 0.6 is 0 Å². The van der Waals surface area contributed by atoms with E-state index in [1.165, 1.54) is 6.07 Å². The summed E-state index contributed by atoms with van der Waals surface area (Å²) in [6, 6.07) is 3.20. The van der Waals surface area contributed by atoms with Gasteiger partial charge in [0.25, 0.3) is 0 Å². The molecule has 0 heterocycles. The van der Waals surface area contributed by atoms with Crippen molar-refractivity contribution >= 4 is 13.3 Å². The van der Waals surface area contributed by atoms with Crippen LogP contribution in [0.5, 0.6) is 0 Å². The second kappa shape index (κ2) is 3.63. The van der Waals surface area contributed by atoms with Crippen LogP contribution in [0.15, 0.2) is 18.2 Å². The van der Waals surface area contributed by atoms with Gasteiger partial charge in [0.2, 0.25) is 0 Å². The lowest BCUT2D eigenvalue weighted by atomic mass is 10.2. The third kappa shape index (κ3) is 2.81. The minimum Gasteiger partial charge on any atom is -0.206 e. The average molecular weight is 236 g/mol.